The lowest BCUT2D eigenvalue weighted by Crippen LogP contribution is -2.63. The van der Waals surface area contributed by atoms with Gasteiger partial charge in [-0.25, -0.2) is 0 Å². The van der Waals surface area contributed by atoms with Crippen molar-refractivity contribution in [2.75, 3.05) is 72.2 Å². The third-order valence-corrected chi connectivity index (χ3v) is 5.64. The summed E-state index contributed by atoms with van der Waals surface area (Å²) in [5.74, 6) is 0.888. The Hall–Kier alpha value is -0.160. The highest BCUT2D eigenvalue weighted by Crippen LogP contribution is 2.32. The van der Waals surface area contributed by atoms with Crippen LogP contribution in [0.25, 0.3) is 0 Å². The molecule has 2 bridgehead atoms. The molecule has 0 aliphatic carbocycles. The highest BCUT2D eigenvalue weighted by Gasteiger charge is 2.35. The first-order valence-corrected chi connectivity index (χ1v) is 9.42. The minimum absolute atomic E-state index is 0. The van der Waals surface area contributed by atoms with Crippen LogP contribution < -0.4 is 10.6 Å². The maximum Gasteiger partial charge on any atom is 0.191 e. The van der Waals surface area contributed by atoms with E-state index in [4.69, 9.17) is 9.73 Å². The zero-order valence-corrected chi connectivity index (χ0v) is 17.7. The Morgan fingerprint density at radius 3 is 2.64 bits per heavy atom. The first-order valence-electron chi connectivity index (χ1n) is 9.42. The average Bonchev–Trinajstić information content (AvgIpc) is 3.08. The van der Waals surface area contributed by atoms with E-state index in [0.717, 1.165) is 45.0 Å². The number of ether oxygens (including phenoxy) is 1. The van der Waals surface area contributed by atoms with Gasteiger partial charge < -0.3 is 20.5 Å². The van der Waals surface area contributed by atoms with Crippen molar-refractivity contribution in [3.63, 3.8) is 0 Å². The van der Waals surface area contributed by atoms with Crippen LogP contribution in [0.4, 0.5) is 0 Å². The number of hydrogen-bond acceptors (Lipinski definition) is 5. The largest absolute Gasteiger partial charge is 0.396 e. The van der Waals surface area contributed by atoms with Crippen LogP contribution in [0.1, 0.15) is 19.8 Å². The second-order valence-corrected chi connectivity index (χ2v) is 7.34. The Kier molecular flexibility index (Phi) is 8.67. The molecule has 4 fully saturated rings. The van der Waals surface area contributed by atoms with E-state index in [0.29, 0.717) is 19.2 Å². The zero-order valence-electron chi connectivity index (χ0n) is 15.4. The number of fused-ring (bicyclic) bond motifs is 3. The molecule has 7 nitrogen and oxygen atoms in total. The molecule has 146 valence electrons. The number of aliphatic hydroxyl groups is 1. The minimum Gasteiger partial charge on any atom is -0.396 e. The molecular weight excluding hydrogens is 433 g/mol. The van der Waals surface area contributed by atoms with Gasteiger partial charge in [0.1, 0.15) is 0 Å². The predicted molar refractivity (Wildman–Crippen MR) is 111 cm³/mol. The van der Waals surface area contributed by atoms with E-state index in [1.165, 1.54) is 26.2 Å². The van der Waals surface area contributed by atoms with Gasteiger partial charge in [0.25, 0.3) is 0 Å². The van der Waals surface area contributed by atoms with Crippen LogP contribution in [0, 0.1) is 5.41 Å². The van der Waals surface area contributed by atoms with Gasteiger partial charge in [-0.2, -0.15) is 0 Å². The van der Waals surface area contributed by atoms with Gasteiger partial charge in [0.15, 0.2) is 5.96 Å². The van der Waals surface area contributed by atoms with Gasteiger partial charge in [0.2, 0.25) is 0 Å². The SMILES string of the molecule is CCNC(=NCC1(CCO)CCOC1)NCC1CN2CCN1CC2.I. The fraction of sp³-hybridized carbons (Fsp3) is 0.941. The summed E-state index contributed by atoms with van der Waals surface area (Å²) in [4.78, 5) is 9.95. The van der Waals surface area contributed by atoms with Crippen LogP contribution >= 0.6 is 24.0 Å². The number of rotatable bonds is 7. The van der Waals surface area contributed by atoms with Crippen molar-refractivity contribution in [1.29, 1.82) is 0 Å². The van der Waals surface area contributed by atoms with Crippen LogP contribution in [0.2, 0.25) is 0 Å². The maximum atomic E-state index is 9.35. The third-order valence-electron chi connectivity index (χ3n) is 5.64. The number of nitrogens with one attached hydrogen (secondary N) is 2. The molecule has 0 radical (unpaired) electrons. The lowest BCUT2D eigenvalue weighted by Gasteiger charge is -2.47. The topological polar surface area (TPSA) is 72.4 Å². The highest BCUT2D eigenvalue weighted by molar-refractivity contribution is 14.0. The molecule has 0 spiro atoms. The van der Waals surface area contributed by atoms with Gasteiger partial charge in [-0.05, 0) is 19.8 Å². The Bertz CT molecular complexity index is 423. The summed E-state index contributed by atoms with van der Waals surface area (Å²) in [5, 5.41) is 16.2. The zero-order chi connectivity index (χ0) is 16.8. The van der Waals surface area contributed by atoms with E-state index in [2.05, 4.69) is 27.4 Å². The molecule has 0 aromatic rings. The van der Waals surface area contributed by atoms with Gasteiger partial charge in [0, 0.05) is 70.5 Å². The van der Waals surface area contributed by atoms with Crippen LogP contribution in [-0.2, 0) is 4.74 Å². The molecule has 0 saturated carbocycles. The molecule has 2 unspecified atom stereocenters. The van der Waals surface area contributed by atoms with E-state index in [1.807, 2.05) is 0 Å². The van der Waals surface area contributed by atoms with Crippen LogP contribution in [0.15, 0.2) is 4.99 Å². The Labute approximate surface area is 168 Å². The molecule has 0 amide bonds. The third kappa shape index (κ3) is 5.66. The number of piperazine rings is 3. The highest BCUT2D eigenvalue weighted by atomic mass is 127. The molecule has 4 aliphatic rings. The summed E-state index contributed by atoms with van der Waals surface area (Å²) >= 11 is 0. The lowest BCUT2D eigenvalue weighted by atomic mass is 9.84. The minimum atomic E-state index is 0. The van der Waals surface area contributed by atoms with E-state index >= 15 is 0 Å². The number of nitrogens with zero attached hydrogens (tertiary/aromatic N) is 3. The number of hydrogen-bond donors (Lipinski definition) is 3. The first kappa shape index (κ1) is 21.1. The molecule has 4 rings (SSSR count). The molecule has 0 aromatic carbocycles. The summed E-state index contributed by atoms with van der Waals surface area (Å²) in [6, 6.07) is 0.581. The summed E-state index contributed by atoms with van der Waals surface area (Å²) in [6.07, 6.45) is 1.75. The molecule has 4 saturated heterocycles. The Morgan fingerprint density at radius 2 is 2.08 bits per heavy atom. The van der Waals surface area contributed by atoms with Crippen molar-refractivity contribution in [2.24, 2.45) is 10.4 Å². The first-order chi connectivity index (χ1) is 11.7. The fourth-order valence-electron chi connectivity index (χ4n) is 4.01. The number of guanidine groups is 1. The monoisotopic (exact) mass is 467 g/mol. The summed E-state index contributed by atoms with van der Waals surface area (Å²) in [7, 11) is 0. The second-order valence-electron chi connectivity index (χ2n) is 7.34. The molecule has 0 aromatic heterocycles. The summed E-state index contributed by atoms with van der Waals surface area (Å²) < 4.78 is 5.56. The van der Waals surface area contributed by atoms with Gasteiger partial charge in [-0.1, -0.05) is 0 Å². The van der Waals surface area contributed by atoms with Crippen LogP contribution in [0.3, 0.4) is 0 Å². The summed E-state index contributed by atoms with van der Waals surface area (Å²) in [5.41, 5.74) is 0.0101. The fourth-order valence-corrected chi connectivity index (χ4v) is 4.01. The number of aliphatic hydroxyl groups excluding tert-OH is 1. The quantitative estimate of drug-likeness (QED) is 0.277. The van der Waals surface area contributed by atoms with Gasteiger partial charge in [-0.3, -0.25) is 14.8 Å². The summed E-state index contributed by atoms with van der Waals surface area (Å²) in [6.45, 7) is 12.3. The Balaban J connectivity index is 0.00000225. The molecule has 4 heterocycles. The van der Waals surface area contributed by atoms with Crippen molar-refractivity contribution in [1.82, 2.24) is 20.4 Å². The Morgan fingerprint density at radius 1 is 1.28 bits per heavy atom. The lowest BCUT2D eigenvalue weighted by molar-refractivity contribution is 0.0154. The molecule has 4 aliphatic heterocycles. The standard InChI is InChI=1S/C17H33N5O2.HI/c1-2-18-16(20-13-17(3-9-23)4-10-24-14-17)19-11-15-12-21-5-7-22(15)8-6-21;/h15,23H,2-14H2,1H3,(H2,18,19,20);1H. The van der Waals surface area contributed by atoms with E-state index in [9.17, 15) is 5.11 Å². The average molecular weight is 467 g/mol. The van der Waals surface area contributed by atoms with Crippen molar-refractivity contribution in [3.8, 4) is 0 Å². The molecule has 3 N–H and O–H groups in total. The van der Waals surface area contributed by atoms with Crippen molar-refractivity contribution in [2.45, 2.75) is 25.8 Å². The smallest absolute Gasteiger partial charge is 0.191 e. The van der Waals surface area contributed by atoms with E-state index in [-0.39, 0.29) is 36.0 Å². The van der Waals surface area contributed by atoms with Gasteiger partial charge in [-0.15, -0.1) is 24.0 Å². The molecule has 8 heteroatoms. The normalized spacial score (nSPS) is 34.6. The van der Waals surface area contributed by atoms with Crippen molar-refractivity contribution >= 4 is 29.9 Å². The maximum absolute atomic E-state index is 9.35. The second kappa shape index (κ2) is 10.2. The molecule has 2 atom stereocenters. The number of halogens is 1. The van der Waals surface area contributed by atoms with Crippen molar-refractivity contribution in [3.05, 3.63) is 0 Å². The van der Waals surface area contributed by atoms with Crippen LogP contribution in [-0.4, -0.2) is 99.1 Å². The predicted octanol–water partition coefficient (Wildman–Crippen LogP) is -0.0516. The van der Waals surface area contributed by atoms with E-state index < -0.39 is 0 Å². The molecule has 25 heavy (non-hydrogen) atoms. The van der Waals surface area contributed by atoms with Crippen molar-refractivity contribution < 1.29 is 9.84 Å². The number of aliphatic imine (C=N–C) groups is 1. The van der Waals surface area contributed by atoms with Gasteiger partial charge in [0.05, 0.1) is 13.2 Å². The van der Waals surface area contributed by atoms with Crippen LogP contribution in [0.5, 0.6) is 0 Å². The van der Waals surface area contributed by atoms with E-state index in [1.54, 1.807) is 0 Å². The van der Waals surface area contributed by atoms with Gasteiger partial charge >= 0.3 is 0 Å². The molecular formula is C17H34IN5O2.